The molecule has 7 nitrogen and oxygen atoms in total. The number of carbonyl (C=O) groups excluding carboxylic acids is 2. The lowest BCUT2D eigenvalue weighted by atomic mass is 10.1. The number of benzene rings is 2. The summed E-state index contributed by atoms with van der Waals surface area (Å²) in [7, 11) is 0. The molecule has 1 aliphatic heterocycles. The number of amides is 2. The second-order valence-corrected chi connectivity index (χ2v) is 10.4. The van der Waals surface area contributed by atoms with E-state index in [4.69, 9.17) is 9.47 Å². The van der Waals surface area contributed by atoms with Crippen molar-refractivity contribution >= 4 is 11.8 Å². The minimum Gasteiger partial charge on any atom is -0.493 e. The zero-order valence-electron chi connectivity index (χ0n) is 24.1. The van der Waals surface area contributed by atoms with Crippen LogP contribution in [-0.4, -0.2) is 49.1 Å². The highest BCUT2D eigenvalue weighted by Crippen LogP contribution is 2.23. The second kappa shape index (κ2) is 16.8. The average molecular weight is 538 g/mol. The molecule has 0 spiro atoms. The molecule has 2 aromatic carbocycles. The van der Waals surface area contributed by atoms with Gasteiger partial charge in [0.25, 0.3) is 5.91 Å². The van der Waals surface area contributed by atoms with Crippen LogP contribution >= 0.6 is 0 Å². The van der Waals surface area contributed by atoms with Crippen molar-refractivity contribution in [3.8, 4) is 11.5 Å². The summed E-state index contributed by atoms with van der Waals surface area (Å²) in [6, 6.07) is 13.3. The van der Waals surface area contributed by atoms with Crippen molar-refractivity contribution in [3.05, 3.63) is 59.2 Å². The molecule has 1 fully saturated rings. The molecule has 1 unspecified atom stereocenters. The first-order valence-electron chi connectivity index (χ1n) is 14.7. The third kappa shape index (κ3) is 10.2. The summed E-state index contributed by atoms with van der Waals surface area (Å²) in [6.45, 7) is 9.69. The highest BCUT2D eigenvalue weighted by Gasteiger charge is 2.31. The molecular formula is C32H47N3O4. The lowest BCUT2D eigenvalue weighted by molar-refractivity contribution is -0.142. The summed E-state index contributed by atoms with van der Waals surface area (Å²) in [5.41, 5.74) is 3.17. The Hall–Kier alpha value is -3.06. The van der Waals surface area contributed by atoms with Crippen molar-refractivity contribution < 1.29 is 19.1 Å². The summed E-state index contributed by atoms with van der Waals surface area (Å²) in [6.07, 6.45) is 8.40. The van der Waals surface area contributed by atoms with Gasteiger partial charge in [-0.15, -0.1) is 0 Å². The van der Waals surface area contributed by atoms with Gasteiger partial charge in [-0.2, -0.15) is 0 Å². The molecule has 2 N–H and O–H groups in total. The van der Waals surface area contributed by atoms with Crippen LogP contribution in [0.4, 0.5) is 0 Å². The SMILES string of the molecule is CCCCCCNCc1ccc(OCC(=O)N(Cc2ccc(OCCC)c(C)c2)C2CCCCNC2=O)cc1. The van der Waals surface area contributed by atoms with Gasteiger partial charge in [-0.3, -0.25) is 9.59 Å². The first kappa shape index (κ1) is 30.5. The Balaban J connectivity index is 1.61. The third-order valence-electron chi connectivity index (χ3n) is 7.08. The van der Waals surface area contributed by atoms with E-state index in [0.717, 1.165) is 49.2 Å². The van der Waals surface area contributed by atoms with E-state index in [9.17, 15) is 9.59 Å². The number of ether oxygens (including phenoxy) is 2. The average Bonchev–Trinajstić information content (AvgIpc) is 3.16. The zero-order valence-corrected chi connectivity index (χ0v) is 24.1. The minimum atomic E-state index is -0.509. The predicted octanol–water partition coefficient (Wildman–Crippen LogP) is 5.53. The Labute approximate surface area is 234 Å². The maximum atomic E-state index is 13.5. The van der Waals surface area contributed by atoms with Crippen LogP contribution in [0.25, 0.3) is 0 Å². The van der Waals surface area contributed by atoms with Crippen LogP contribution in [0.1, 0.15) is 81.9 Å². The van der Waals surface area contributed by atoms with Gasteiger partial charge in [0.05, 0.1) is 6.61 Å². The molecule has 0 radical (unpaired) electrons. The van der Waals surface area contributed by atoms with Crippen LogP contribution in [0.15, 0.2) is 42.5 Å². The standard InChI is InChI=1S/C32H47N3O4/c1-4-6-7-9-18-33-22-26-12-15-28(16-13-26)39-24-31(36)35(29-11-8-10-19-34-32(29)37)23-27-14-17-30(25(3)21-27)38-20-5-2/h12-17,21,29,33H,4-11,18-20,22-24H2,1-3H3,(H,34,37). The lowest BCUT2D eigenvalue weighted by Gasteiger charge is -2.30. The predicted molar refractivity (Wildman–Crippen MR) is 156 cm³/mol. The van der Waals surface area contributed by atoms with Gasteiger partial charge in [-0.1, -0.05) is 57.4 Å². The lowest BCUT2D eigenvalue weighted by Crippen LogP contribution is -2.49. The van der Waals surface area contributed by atoms with Crippen molar-refractivity contribution in [1.29, 1.82) is 0 Å². The summed E-state index contributed by atoms with van der Waals surface area (Å²) in [5, 5.41) is 6.45. The molecule has 1 aliphatic rings. The summed E-state index contributed by atoms with van der Waals surface area (Å²) in [4.78, 5) is 28.0. The molecule has 2 aromatic rings. The van der Waals surface area contributed by atoms with Gasteiger partial charge in [-0.05, 0) is 80.5 Å². The van der Waals surface area contributed by atoms with Crippen molar-refractivity contribution in [2.45, 2.75) is 91.3 Å². The topological polar surface area (TPSA) is 79.9 Å². The van der Waals surface area contributed by atoms with Gasteiger partial charge in [0.15, 0.2) is 6.61 Å². The zero-order chi connectivity index (χ0) is 27.9. The number of unbranched alkanes of at least 4 members (excludes halogenated alkanes) is 3. The molecule has 39 heavy (non-hydrogen) atoms. The molecule has 0 aromatic heterocycles. The fraction of sp³-hybridized carbons (Fsp3) is 0.562. The molecule has 1 atom stereocenters. The first-order valence-corrected chi connectivity index (χ1v) is 14.7. The van der Waals surface area contributed by atoms with E-state index in [1.54, 1.807) is 4.90 Å². The number of nitrogens with one attached hydrogen (secondary N) is 2. The van der Waals surface area contributed by atoms with Gasteiger partial charge in [-0.25, -0.2) is 0 Å². The molecule has 2 amide bonds. The van der Waals surface area contributed by atoms with Crippen LogP contribution in [0.5, 0.6) is 11.5 Å². The number of hydrogen-bond donors (Lipinski definition) is 2. The number of nitrogens with zero attached hydrogens (tertiary/aromatic N) is 1. The molecule has 3 rings (SSSR count). The van der Waals surface area contributed by atoms with Crippen LogP contribution < -0.4 is 20.1 Å². The van der Waals surface area contributed by atoms with Crippen LogP contribution in [0.3, 0.4) is 0 Å². The number of rotatable bonds is 16. The fourth-order valence-electron chi connectivity index (χ4n) is 4.81. The summed E-state index contributed by atoms with van der Waals surface area (Å²) >= 11 is 0. The van der Waals surface area contributed by atoms with E-state index in [0.29, 0.717) is 31.9 Å². The fourth-order valence-corrected chi connectivity index (χ4v) is 4.81. The Kier molecular flexibility index (Phi) is 13.1. The molecule has 0 aliphatic carbocycles. The first-order chi connectivity index (χ1) is 19.0. The molecule has 7 heteroatoms. The smallest absolute Gasteiger partial charge is 0.261 e. The third-order valence-corrected chi connectivity index (χ3v) is 7.08. The Morgan fingerprint density at radius 1 is 1.00 bits per heavy atom. The number of carbonyl (C=O) groups is 2. The van der Waals surface area contributed by atoms with Gasteiger partial charge < -0.3 is 25.0 Å². The molecule has 1 heterocycles. The van der Waals surface area contributed by atoms with E-state index in [2.05, 4.69) is 24.5 Å². The van der Waals surface area contributed by atoms with Crippen LogP contribution in [0, 0.1) is 6.92 Å². The summed E-state index contributed by atoms with van der Waals surface area (Å²) < 4.78 is 11.7. The van der Waals surface area contributed by atoms with Crippen molar-refractivity contribution in [3.63, 3.8) is 0 Å². The maximum absolute atomic E-state index is 13.5. The van der Waals surface area contributed by atoms with Gasteiger partial charge >= 0.3 is 0 Å². The molecule has 1 saturated heterocycles. The van der Waals surface area contributed by atoms with E-state index < -0.39 is 6.04 Å². The second-order valence-electron chi connectivity index (χ2n) is 10.4. The van der Waals surface area contributed by atoms with Gasteiger partial charge in [0, 0.05) is 19.6 Å². The van der Waals surface area contributed by atoms with E-state index in [-0.39, 0.29) is 18.4 Å². The largest absolute Gasteiger partial charge is 0.493 e. The normalized spacial score (nSPS) is 15.4. The summed E-state index contributed by atoms with van der Waals surface area (Å²) in [5.74, 6) is 1.21. The van der Waals surface area contributed by atoms with E-state index >= 15 is 0 Å². The molecular weight excluding hydrogens is 490 g/mol. The number of aryl methyl sites for hydroxylation is 1. The van der Waals surface area contributed by atoms with E-state index in [1.807, 2.05) is 49.4 Å². The number of hydrogen-bond acceptors (Lipinski definition) is 5. The maximum Gasteiger partial charge on any atom is 0.261 e. The molecule has 0 bridgehead atoms. The molecule has 214 valence electrons. The van der Waals surface area contributed by atoms with Crippen molar-refractivity contribution in [2.75, 3.05) is 26.3 Å². The van der Waals surface area contributed by atoms with Gasteiger partial charge in [0.2, 0.25) is 5.91 Å². The highest BCUT2D eigenvalue weighted by atomic mass is 16.5. The van der Waals surface area contributed by atoms with E-state index in [1.165, 1.54) is 31.2 Å². The van der Waals surface area contributed by atoms with Crippen molar-refractivity contribution in [1.82, 2.24) is 15.5 Å². The van der Waals surface area contributed by atoms with Crippen LogP contribution in [-0.2, 0) is 22.7 Å². The quantitative estimate of drug-likeness (QED) is 0.275. The monoisotopic (exact) mass is 537 g/mol. The highest BCUT2D eigenvalue weighted by molar-refractivity contribution is 5.88. The van der Waals surface area contributed by atoms with Crippen LogP contribution in [0.2, 0.25) is 0 Å². The van der Waals surface area contributed by atoms with Gasteiger partial charge in [0.1, 0.15) is 17.5 Å². The minimum absolute atomic E-state index is 0.0907. The Morgan fingerprint density at radius 3 is 2.54 bits per heavy atom. The Bertz CT molecular complexity index is 1020. The molecule has 0 saturated carbocycles. The van der Waals surface area contributed by atoms with Crippen molar-refractivity contribution in [2.24, 2.45) is 0 Å². The Morgan fingerprint density at radius 2 is 1.79 bits per heavy atom.